The number of ether oxygens (including phenoxy) is 2. The minimum absolute atomic E-state index is 0.0723. The minimum Gasteiger partial charge on any atom is -0.479 e. The van der Waals surface area contributed by atoms with Gasteiger partial charge in [-0.15, -0.1) is 0 Å². The summed E-state index contributed by atoms with van der Waals surface area (Å²) in [7, 11) is 0. The molecule has 1 heterocycles. The van der Waals surface area contributed by atoms with Gasteiger partial charge in [0.25, 0.3) is 5.91 Å². The Hall–Kier alpha value is -2.67. The van der Waals surface area contributed by atoms with Gasteiger partial charge in [-0.25, -0.2) is 14.2 Å². The van der Waals surface area contributed by atoms with E-state index in [2.05, 4.69) is 10.3 Å². The smallest absolute Gasteiger partial charge is 0.344 e. The predicted octanol–water partition coefficient (Wildman–Crippen LogP) is 2.82. The van der Waals surface area contributed by atoms with Gasteiger partial charge in [-0.1, -0.05) is 23.7 Å². The summed E-state index contributed by atoms with van der Waals surface area (Å²) >= 11 is 5.69. The molecule has 1 atom stereocenters. The van der Waals surface area contributed by atoms with Crippen molar-refractivity contribution in [2.24, 2.45) is 0 Å². The van der Waals surface area contributed by atoms with Gasteiger partial charge in [-0.2, -0.15) is 0 Å². The van der Waals surface area contributed by atoms with Crippen LogP contribution in [-0.4, -0.2) is 29.6 Å². The van der Waals surface area contributed by atoms with Crippen molar-refractivity contribution in [3.63, 3.8) is 0 Å². The van der Waals surface area contributed by atoms with Crippen LogP contribution in [0.5, 0.6) is 5.75 Å². The second kappa shape index (κ2) is 8.26. The molecule has 24 heavy (non-hydrogen) atoms. The molecule has 0 aliphatic heterocycles. The molecule has 0 aliphatic rings. The highest BCUT2D eigenvalue weighted by Crippen LogP contribution is 2.15. The maximum atomic E-state index is 13.3. The van der Waals surface area contributed by atoms with Crippen LogP contribution >= 0.6 is 11.6 Å². The van der Waals surface area contributed by atoms with Gasteiger partial charge in [0, 0.05) is 6.20 Å². The minimum atomic E-state index is -1.07. The van der Waals surface area contributed by atoms with E-state index in [1.807, 2.05) is 0 Å². The Morgan fingerprint density at radius 3 is 2.71 bits per heavy atom. The Balaban J connectivity index is 1.81. The number of aromatic nitrogens is 1. The van der Waals surface area contributed by atoms with Gasteiger partial charge in [0.2, 0.25) is 0 Å². The molecule has 1 aromatic heterocycles. The van der Waals surface area contributed by atoms with Crippen LogP contribution in [-0.2, 0) is 14.3 Å². The molecule has 0 aliphatic carbocycles. The monoisotopic (exact) mass is 352 g/mol. The highest BCUT2D eigenvalue weighted by molar-refractivity contribution is 6.30. The molecule has 0 radical (unpaired) electrons. The van der Waals surface area contributed by atoms with Crippen LogP contribution in [0.15, 0.2) is 42.6 Å². The summed E-state index contributed by atoms with van der Waals surface area (Å²) < 4.78 is 23.3. The van der Waals surface area contributed by atoms with Crippen LogP contribution in [0.1, 0.15) is 6.92 Å². The first-order valence-electron chi connectivity index (χ1n) is 6.95. The summed E-state index contributed by atoms with van der Waals surface area (Å²) in [6.07, 6.45) is 0.301. The van der Waals surface area contributed by atoms with E-state index < -0.39 is 30.4 Å². The van der Waals surface area contributed by atoms with E-state index in [0.717, 1.165) is 0 Å². The van der Waals surface area contributed by atoms with E-state index in [1.165, 1.54) is 37.4 Å². The van der Waals surface area contributed by atoms with E-state index in [0.29, 0.717) is 5.02 Å². The third-order valence-electron chi connectivity index (χ3n) is 2.84. The Bertz CT molecular complexity index is 724. The quantitative estimate of drug-likeness (QED) is 0.809. The van der Waals surface area contributed by atoms with Crippen molar-refractivity contribution < 1.29 is 23.5 Å². The molecule has 1 N–H and O–H groups in total. The van der Waals surface area contributed by atoms with Crippen molar-refractivity contribution in [1.29, 1.82) is 0 Å². The molecule has 126 valence electrons. The zero-order valence-electron chi connectivity index (χ0n) is 12.7. The van der Waals surface area contributed by atoms with Crippen LogP contribution in [0, 0.1) is 5.82 Å². The summed E-state index contributed by atoms with van der Waals surface area (Å²) in [5.41, 5.74) is 0. The molecule has 0 saturated carbocycles. The fraction of sp³-hybridized carbons (Fsp3) is 0.188. The number of benzene rings is 1. The van der Waals surface area contributed by atoms with E-state index in [-0.39, 0.29) is 11.6 Å². The summed E-state index contributed by atoms with van der Waals surface area (Å²) in [4.78, 5) is 27.5. The molecule has 0 saturated heterocycles. The fourth-order valence-corrected chi connectivity index (χ4v) is 1.77. The lowest BCUT2D eigenvalue weighted by Gasteiger charge is -2.13. The second-order valence-corrected chi connectivity index (χ2v) is 5.14. The molecule has 1 amide bonds. The van der Waals surface area contributed by atoms with Crippen LogP contribution < -0.4 is 10.1 Å². The highest BCUT2D eigenvalue weighted by atomic mass is 35.5. The summed E-state index contributed by atoms with van der Waals surface area (Å²) in [5.74, 6) is -1.76. The van der Waals surface area contributed by atoms with Crippen molar-refractivity contribution in [3.8, 4) is 5.75 Å². The Kier molecular flexibility index (Phi) is 6.08. The van der Waals surface area contributed by atoms with Crippen molar-refractivity contribution in [2.75, 3.05) is 11.9 Å². The molecule has 0 unspecified atom stereocenters. The molecular formula is C16H14ClFN2O4. The summed E-state index contributed by atoms with van der Waals surface area (Å²) in [5, 5.41) is 2.90. The number of anilines is 1. The third-order valence-corrected chi connectivity index (χ3v) is 3.06. The fourth-order valence-electron chi connectivity index (χ4n) is 1.66. The van der Waals surface area contributed by atoms with E-state index in [4.69, 9.17) is 21.1 Å². The topological polar surface area (TPSA) is 77.5 Å². The number of carbonyl (C=O) groups excluding carboxylic acids is 2. The molecule has 2 aromatic rings. The van der Waals surface area contributed by atoms with Crippen molar-refractivity contribution in [1.82, 2.24) is 4.98 Å². The van der Waals surface area contributed by atoms with Crippen LogP contribution in [0.25, 0.3) is 0 Å². The van der Waals surface area contributed by atoms with Crippen molar-refractivity contribution >= 4 is 29.3 Å². The van der Waals surface area contributed by atoms with Crippen LogP contribution in [0.2, 0.25) is 5.02 Å². The molecule has 0 bridgehead atoms. The maximum absolute atomic E-state index is 13.3. The molecule has 6 nitrogen and oxygen atoms in total. The van der Waals surface area contributed by atoms with Gasteiger partial charge in [0.15, 0.2) is 24.3 Å². The number of rotatable bonds is 6. The predicted molar refractivity (Wildman–Crippen MR) is 85.3 cm³/mol. The lowest BCUT2D eigenvalue weighted by atomic mass is 10.3. The van der Waals surface area contributed by atoms with Gasteiger partial charge in [-0.05, 0) is 31.2 Å². The first-order valence-corrected chi connectivity index (χ1v) is 7.32. The van der Waals surface area contributed by atoms with Gasteiger partial charge >= 0.3 is 5.97 Å². The number of esters is 1. The number of halogens is 2. The first-order chi connectivity index (χ1) is 11.5. The highest BCUT2D eigenvalue weighted by Gasteiger charge is 2.19. The summed E-state index contributed by atoms with van der Waals surface area (Å²) in [6.45, 7) is 0.879. The molecule has 8 heteroatoms. The standard InChI is InChI=1S/C16H14ClFN2O4/c1-10(16(22)20-14-7-6-11(17)8-19-14)24-15(21)9-23-13-5-3-2-4-12(13)18/h2-8,10H,9H2,1H3,(H,19,20,22)/t10-/m0/s1. The SMILES string of the molecule is C[C@H](OC(=O)COc1ccccc1F)C(=O)Nc1ccc(Cl)cn1. The third kappa shape index (κ3) is 5.20. The number of amides is 1. The summed E-state index contributed by atoms with van der Waals surface area (Å²) in [6, 6.07) is 8.72. The van der Waals surface area contributed by atoms with Gasteiger partial charge in [0.05, 0.1) is 5.02 Å². The zero-order valence-corrected chi connectivity index (χ0v) is 13.4. The van der Waals surface area contributed by atoms with Crippen LogP contribution in [0.4, 0.5) is 10.2 Å². The molecule has 0 fully saturated rings. The zero-order chi connectivity index (χ0) is 17.5. The van der Waals surface area contributed by atoms with E-state index in [1.54, 1.807) is 12.1 Å². The van der Waals surface area contributed by atoms with Crippen molar-refractivity contribution in [2.45, 2.75) is 13.0 Å². The van der Waals surface area contributed by atoms with Crippen molar-refractivity contribution in [3.05, 3.63) is 53.4 Å². The number of para-hydroxylation sites is 1. The van der Waals surface area contributed by atoms with E-state index >= 15 is 0 Å². The average Bonchev–Trinajstić information content (AvgIpc) is 2.56. The van der Waals surface area contributed by atoms with Gasteiger partial charge in [-0.3, -0.25) is 4.79 Å². The molecular weight excluding hydrogens is 339 g/mol. The first kappa shape index (κ1) is 17.7. The lowest BCUT2D eigenvalue weighted by molar-refractivity contribution is -0.155. The average molecular weight is 353 g/mol. The molecule has 2 rings (SSSR count). The number of carbonyl (C=O) groups is 2. The second-order valence-electron chi connectivity index (χ2n) is 4.70. The Morgan fingerprint density at radius 2 is 2.04 bits per heavy atom. The molecule has 1 aromatic carbocycles. The van der Waals surface area contributed by atoms with Gasteiger partial charge in [0.1, 0.15) is 5.82 Å². The van der Waals surface area contributed by atoms with Crippen LogP contribution in [0.3, 0.4) is 0 Å². The number of nitrogens with zero attached hydrogens (tertiary/aromatic N) is 1. The number of nitrogens with one attached hydrogen (secondary N) is 1. The number of hydrogen-bond donors (Lipinski definition) is 1. The normalized spacial score (nSPS) is 11.5. The Labute approximate surface area is 142 Å². The maximum Gasteiger partial charge on any atom is 0.344 e. The largest absolute Gasteiger partial charge is 0.479 e. The Morgan fingerprint density at radius 1 is 1.29 bits per heavy atom. The number of hydrogen-bond acceptors (Lipinski definition) is 5. The number of pyridine rings is 1. The van der Waals surface area contributed by atoms with Gasteiger partial charge < -0.3 is 14.8 Å². The lowest BCUT2D eigenvalue weighted by Crippen LogP contribution is -2.32. The molecule has 0 spiro atoms. The van der Waals surface area contributed by atoms with E-state index in [9.17, 15) is 14.0 Å².